The first-order valence-corrected chi connectivity index (χ1v) is 8.83. The quantitative estimate of drug-likeness (QED) is 0.585. The normalized spacial score (nSPS) is 12.4. The predicted molar refractivity (Wildman–Crippen MR) is 104 cm³/mol. The van der Waals surface area contributed by atoms with E-state index >= 15 is 0 Å². The molecule has 6 nitrogen and oxygen atoms in total. The third-order valence-corrected chi connectivity index (χ3v) is 4.76. The van der Waals surface area contributed by atoms with E-state index in [2.05, 4.69) is 10.3 Å². The molecule has 0 aliphatic carbocycles. The summed E-state index contributed by atoms with van der Waals surface area (Å²) in [6, 6.07) is 14.3. The first-order valence-electron chi connectivity index (χ1n) is 8.45. The van der Waals surface area contributed by atoms with E-state index in [4.69, 9.17) is 16.0 Å². The van der Waals surface area contributed by atoms with Crippen molar-refractivity contribution in [2.45, 2.75) is 19.5 Å². The first-order chi connectivity index (χ1) is 13.0. The number of benzene rings is 2. The molecule has 27 heavy (non-hydrogen) atoms. The first kappa shape index (κ1) is 17.3. The molecule has 0 saturated carbocycles. The highest BCUT2D eigenvalue weighted by Gasteiger charge is 2.16. The number of fused-ring (bicyclic) bond motifs is 3. The van der Waals surface area contributed by atoms with E-state index in [0.717, 1.165) is 10.9 Å². The molecule has 0 aliphatic heterocycles. The Morgan fingerprint density at radius 2 is 1.96 bits per heavy atom. The molecule has 0 saturated heterocycles. The Morgan fingerprint density at radius 1 is 1.22 bits per heavy atom. The fourth-order valence-corrected chi connectivity index (χ4v) is 3.37. The van der Waals surface area contributed by atoms with Crippen molar-refractivity contribution in [3.8, 4) is 0 Å². The number of amides is 1. The van der Waals surface area contributed by atoms with Gasteiger partial charge in [-0.1, -0.05) is 41.9 Å². The average Bonchev–Trinajstić information content (AvgIpc) is 3.04. The van der Waals surface area contributed by atoms with E-state index in [1.54, 1.807) is 12.1 Å². The van der Waals surface area contributed by atoms with Gasteiger partial charge in [0.15, 0.2) is 0 Å². The summed E-state index contributed by atoms with van der Waals surface area (Å²) in [6.45, 7) is 1.68. The van der Waals surface area contributed by atoms with Gasteiger partial charge in [0.25, 0.3) is 5.56 Å². The predicted octanol–water partition coefficient (Wildman–Crippen LogP) is 3.67. The summed E-state index contributed by atoms with van der Waals surface area (Å²) in [5.74, 6) is -0.318. The van der Waals surface area contributed by atoms with Crippen molar-refractivity contribution in [2.24, 2.45) is 0 Å². The van der Waals surface area contributed by atoms with Crippen molar-refractivity contribution in [1.29, 1.82) is 0 Å². The van der Waals surface area contributed by atoms with Crippen LogP contribution in [0.25, 0.3) is 22.1 Å². The molecule has 2 heterocycles. The SMILES string of the molecule is C[C@@H](NC(=O)Cn1cnc2c(oc3ccccc32)c1=O)c1ccccc1Cl. The number of carbonyl (C=O) groups excluding carboxylic acids is 1. The molecule has 0 radical (unpaired) electrons. The maximum absolute atomic E-state index is 12.7. The van der Waals surface area contributed by atoms with E-state index < -0.39 is 5.56 Å². The largest absolute Gasteiger partial charge is 0.448 e. The third kappa shape index (κ3) is 3.19. The van der Waals surface area contributed by atoms with Crippen molar-refractivity contribution in [3.05, 3.63) is 75.8 Å². The zero-order chi connectivity index (χ0) is 19.0. The maximum atomic E-state index is 12.7. The summed E-state index contributed by atoms with van der Waals surface area (Å²) in [5.41, 5.74) is 1.65. The van der Waals surface area contributed by atoms with E-state index in [0.29, 0.717) is 16.1 Å². The van der Waals surface area contributed by atoms with Crippen LogP contribution in [0, 0.1) is 0 Å². The maximum Gasteiger partial charge on any atom is 0.297 e. The topological polar surface area (TPSA) is 77.1 Å². The number of halogens is 1. The molecule has 2 aromatic heterocycles. The Morgan fingerprint density at radius 3 is 2.78 bits per heavy atom. The Hall–Kier alpha value is -3.12. The van der Waals surface area contributed by atoms with Crippen LogP contribution in [0.2, 0.25) is 5.02 Å². The second kappa shape index (κ2) is 6.89. The summed E-state index contributed by atoms with van der Waals surface area (Å²) >= 11 is 6.16. The Kier molecular flexibility index (Phi) is 4.41. The molecular weight excluding hydrogens is 366 g/mol. The molecule has 4 aromatic rings. The van der Waals surface area contributed by atoms with Crippen LogP contribution in [0.3, 0.4) is 0 Å². The highest BCUT2D eigenvalue weighted by atomic mass is 35.5. The number of furan rings is 1. The van der Waals surface area contributed by atoms with Gasteiger partial charge in [0.05, 0.1) is 12.4 Å². The monoisotopic (exact) mass is 381 g/mol. The van der Waals surface area contributed by atoms with Gasteiger partial charge < -0.3 is 9.73 Å². The molecular formula is C20H16ClN3O3. The van der Waals surface area contributed by atoms with E-state index in [1.165, 1.54) is 10.9 Å². The van der Waals surface area contributed by atoms with Crippen LogP contribution in [-0.2, 0) is 11.3 Å². The van der Waals surface area contributed by atoms with Crippen LogP contribution in [0.5, 0.6) is 0 Å². The lowest BCUT2D eigenvalue weighted by Crippen LogP contribution is -2.33. The highest BCUT2D eigenvalue weighted by molar-refractivity contribution is 6.31. The minimum absolute atomic E-state index is 0.144. The number of hydrogen-bond donors (Lipinski definition) is 1. The molecule has 4 rings (SSSR count). The lowest BCUT2D eigenvalue weighted by Gasteiger charge is -2.16. The molecule has 2 aromatic carbocycles. The van der Waals surface area contributed by atoms with E-state index in [9.17, 15) is 9.59 Å². The zero-order valence-electron chi connectivity index (χ0n) is 14.5. The smallest absolute Gasteiger partial charge is 0.297 e. The van der Waals surface area contributed by atoms with Crippen LogP contribution >= 0.6 is 11.6 Å². The molecule has 0 fully saturated rings. The molecule has 136 valence electrons. The van der Waals surface area contributed by atoms with Gasteiger partial charge in [-0.25, -0.2) is 4.98 Å². The standard InChI is InChI=1S/C20H16ClN3O3/c1-12(13-6-2-4-8-15(13)21)23-17(25)10-24-11-22-18-14-7-3-5-9-16(14)27-19(18)20(24)26/h2-9,11-12H,10H2,1H3,(H,23,25)/t12-/m1/s1. The van der Waals surface area contributed by atoms with Gasteiger partial charge in [-0.2, -0.15) is 0 Å². The molecule has 1 N–H and O–H groups in total. The second-order valence-electron chi connectivity index (χ2n) is 6.26. The molecule has 0 aliphatic rings. The summed E-state index contributed by atoms with van der Waals surface area (Å²) in [6.07, 6.45) is 1.37. The number of hydrogen-bond acceptors (Lipinski definition) is 4. The molecule has 1 amide bonds. The number of carbonyl (C=O) groups is 1. The van der Waals surface area contributed by atoms with Crippen LogP contribution < -0.4 is 10.9 Å². The van der Waals surface area contributed by atoms with Crippen LogP contribution in [0.15, 0.2) is 64.1 Å². The second-order valence-corrected chi connectivity index (χ2v) is 6.67. The number of para-hydroxylation sites is 1. The molecule has 0 bridgehead atoms. The van der Waals surface area contributed by atoms with Crippen LogP contribution in [-0.4, -0.2) is 15.5 Å². The van der Waals surface area contributed by atoms with Gasteiger partial charge in [-0.3, -0.25) is 14.2 Å². The van der Waals surface area contributed by atoms with Gasteiger partial charge in [0.1, 0.15) is 17.6 Å². The molecule has 7 heteroatoms. The summed E-state index contributed by atoms with van der Waals surface area (Å²) in [7, 11) is 0. The Bertz CT molecular complexity index is 1210. The summed E-state index contributed by atoms with van der Waals surface area (Å²) < 4.78 is 6.86. The van der Waals surface area contributed by atoms with Crippen molar-refractivity contribution >= 4 is 39.6 Å². The number of aromatic nitrogens is 2. The summed E-state index contributed by atoms with van der Waals surface area (Å²) in [4.78, 5) is 29.4. The number of rotatable bonds is 4. The molecule has 0 unspecified atom stereocenters. The fraction of sp³-hybridized carbons (Fsp3) is 0.150. The number of nitrogens with zero attached hydrogens (tertiary/aromatic N) is 2. The average molecular weight is 382 g/mol. The van der Waals surface area contributed by atoms with Crippen molar-refractivity contribution < 1.29 is 9.21 Å². The van der Waals surface area contributed by atoms with Crippen LogP contribution in [0.1, 0.15) is 18.5 Å². The van der Waals surface area contributed by atoms with Gasteiger partial charge in [0.2, 0.25) is 11.5 Å². The van der Waals surface area contributed by atoms with E-state index in [1.807, 2.05) is 43.3 Å². The van der Waals surface area contributed by atoms with Crippen molar-refractivity contribution in [1.82, 2.24) is 14.9 Å². The lowest BCUT2D eigenvalue weighted by molar-refractivity contribution is -0.122. The Labute approximate surface area is 159 Å². The van der Waals surface area contributed by atoms with Gasteiger partial charge >= 0.3 is 0 Å². The minimum atomic E-state index is -0.392. The van der Waals surface area contributed by atoms with Crippen LogP contribution in [0.4, 0.5) is 0 Å². The van der Waals surface area contributed by atoms with Crippen molar-refractivity contribution in [2.75, 3.05) is 0 Å². The summed E-state index contributed by atoms with van der Waals surface area (Å²) in [5, 5.41) is 4.19. The van der Waals surface area contributed by atoms with E-state index in [-0.39, 0.29) is 24.1 Å². The Balaban J connectivity index is 1.59. The van der Waals surface area contributed by atoms with Gasteiger partial charge in [-0.05, 0) is 30.7 Å². The lowest BCUT2D eigenvalue weighted by atomic mass is 10.1. The zero-order valence-corrected chi connectivity index (χ0v) is 15.2. The van der Waals surface area contributed by atoms with Gasteiger partial charge in [-0.15, -0.1) is 0 Å². The number of nitrogens with one attached hydrogen (secondary N) is 1. The molecule has 0 spiro atoms. The fourth-order valence-electron chi connectivity index (χ4n) is 3.07. The minimum Gasteiger partial charge on any atom is -0.448 e. The van der Waals surface area contributed by atoms with Gasteiger partial charge in [0, 0.05) is 10.4 Å². The third-order valence-electron chi connectivity index (χ3n) is 4.41. The highest BCUT2D eigenvalue weighted by Crippen LogP contribution is 2.24. The van der Waals surface area contributed by atoms with Crippen molar-refractivity contribution in [3.63, 3.8) is 0 Å². The molecule has 1 atom stereocenters.